The minimum atomic E-state index is -5.04. The van der Waals surface area contributed by atoms with Gasteiger partial charge in [-0.1, -0.05) is 12.1 Å². The van der Waals surface area contributed by atoms with Crippen molar-refractivity contribution in [2.45, 2.75) is 32.5 Å². The van der Waals surface area contributed by atoms with E-state index in [1.807, 2.05) is 18.2 Å². The third-order valence-corrected chi connectivity index (χ3v) is 7.22. The van der Waals surface area contributed by atoms with Crippen molar-refractivity contribution in [1.82, 2.24) is 4.98 Å². The van der Waals surface area contributed by atoms with Crippen LogP contribution in [-0.2, 0) is 4.74 Å². The normalized spacial score (nSPS) is 15.3. The lowest BCUT2D eigenvalue weighted by molar-refractivity contribution is -0.306. The number of alkyl halides is 6. The van der Waals surface area contributed by atoms with Crippen LogP contribution in [0.4, 0.5) is 26.3 Å². The SMILES string of the molecule is C=CCC/C(=C\C1=C(C)C(=C\C#N)/C(c2ccc(C3=C(C#N)c4cc(OC(F)(F)F)ccc4C3=C(C#N)C#N)cn2)=C1C#N)OC(F)(F)F. The third kappa shape index (κ3) is 7.28. The minimum Gasteiger partial charge on any atom is -0.410 e. The number of nitriles is 5. The fourth-order valence-corrected chi connectivity index (χ4v) is 5.33. The Bertz CT molecular complexity index is 2150. The highest BCUT2D eigenvalue weighted by Crippen LogP contribution is 2.49. The molecule has 0 N–H and O–H groups in total. The van der Waals surface area contributed by atoms with E-state index in [9.17, 15) is 52.7 Å². The van der Waals surface area contributed by atoms with Gasteiger partial charge in [-0.2, -0.15) is 26.3 Å². The highest BCUT2D eigenvalue weighted by Gasteiger charge is 2.36. The number of hydrogen-bond donors (Lipinski definition) is 0. The van der Waals surface area contributed by atoms with Crippen LogP contribution < -0.4 is 4.74 Å². The molecule has 0 saturated carbocycles. The third-order valence-electron chi connectivity index (χ3n) is 7.22. The Morgan fingerprint density at radius 3 is 2.12 bits per heavy atom. The molecule has 0 fully saturated rings. The Kier molecular flexibility index (Phi) is 9.93. The number of aromatic nitrogens is 1. The van der Waals surface area contributed by atoms with E-state index < -0.39 is 29.8 Å². The molecule has 49 heavy (non-hydrogen) atoms. The van der Waals surface area contributed by atoms with Gasteiger partial charge in [0.15, 0.2) is 0 Å². The Morgan fingerprint density at radius 1 is 0.898 bits per heavy atom. The van der Waals surface area contributed by atoms with E-state index in [1.165, 1.54) is 37.4 Å². The number of rotatable bonds is 8. The van der Waals surface area contributed by atoms with Crippen LogP contribution >= 0.6 is 0 Å². The fraction of sp³-hybridized carbons (Fsp3) is 0.143. The first kappa shape index (κ1) is 35.0. The van der Waals surface area contributed by atoms with Crippen LogP contribution in [-0.4, -0.2) is 17.7 Å². The zero-order chi connectivity index (χ0) is 36.1. The summed E-state index contributed by atoms with van der Waals surface area (Å²) in [6.07, 6.45) is -5.32. The van der Waals surface area contributed by atoms with Crippen molar-refractivity contribution in [1.29, 1.82) is 26.3 Å². The van der Waals surface area contributed by atoms with Crippen LogP contribution in [0.15, 0.2) is 95.0 Å². The summed E-state index contributed by atoms with van der Waals surface area (Å²) < 4.78 is 86.5. The minimum absolute atomic E-state index is 0.0154. The summed E-state index contributed by atoms with van der Waals surface area (Å²) in [7, 11) is 0. The van der Waals surface area contributed by atoms with E-state index in [-0.39, 0.29) is 79.8 Å². The first-order valence-electron chi connectivity index (χ1n) is 13.8. The Hall–Kier alpha value is -6.82. The Balaban J connectivity index is 1.90. The van der Waals surface area contributed by atoms with Crippen molar-refractivity contribution in [2.24, 2.45) is 0 Å². The van der Waals surface area contributed by atoms with Gasteiger partial charge >= 0.3 is 12.7 Å². The van der Waals surface area contributed by atoms with E-state index in [1.54, 1.807) is 12.1 Å². The Morgan fingerprint density at radius 2 is 1.59 bits per heavy atom. The molecule has 0 saturated heterocycles. The van der Waals surface area contributed by atoms with Gasteiger partial charge in [0, 0.05) is 46.5 Å². The highest BCUT2D eigenvalue weighted by atomic mass is 19.4. The molecule has 2 aromatic rings. The molecule has 1 aromatic heterocycles. The summed E-state index contributed by atoms with van der Waals surface area (Å²) in [5, 5.41) is 49.2. The lowest BCUT2D eigenvalue weighted by Gasteiger charge is -2.13. The molecule has 2 aliphatic carbocycles. The summed E-state index contributed by atoms with van der Waals surface area (Å²) in [5.41, 5.74) is 0.243. The standard InChI is InChI=1S/C35H18F6N6O2/c1-3-4-5-22(48-34(36,37)38)12-26-19(2)24(10-11-42)33(28(26)16-45)30-9-6-20(18-47-30)31-29(17-46)27-13-23(49-35(39,40)41)7-8-25(27)32(31)21(14-43)15-44/h3,6-10,12-13,18H,1,4-5H2,2H3/b22-12+,24-10+. The second-order valence-electron chi connectivity index (χ2n) is 10.1. The van der Waals surface area contributed by atoms with Crippen molar-refractivity contribution >= 4 is 22.3 Å². The van der Waals surface area contributed by atoms with Crippen LogP contribution in [0.5, 0.6) is 5.75 Å². The maximum atomic E-state index is 13.2. The predicted octanol–water partition coefficient (Wildman–Crippen LogP) is 8.67. The monoisotopic (exact) mass is 668 g/mol. The molecule has 0 aliphatic heterocycles. The summed E-state index contributed by atoms with van der Waals surface area (Å²) in [6, 6.07) is 15.1. The zero-order valence-corrected chi connectivity index (χ0v) is 25.1. The van der Waals surface area contributed by atoms with Gasteiger partial charge in [-0.05, 0) is 66.0 Å². The van der Waals surface area contributed by atoms with Crippen molar-refractivity contribution < 1.29 is 35.8 Å². The molecular weight excluding hydrogens is 650 g/mol. The van der Waals surface area contributed by atoms with Gasteiger partial charge in [-0.3, -0.25) is 4.98 Å². The number of halogens is 6. The van der Waals surface area contributed by atoms with Crippen molar-refractivity contribution in [2.75, 3.05) is 0 Å². The molecule has 0 bridgehead atoms. The van der Waals surface area contributed by atoms with Gasteiger partial charge in [0.1, 0.15) is 41.4 Å². The first-order valence-corrected chi connectivity index (χ1v) is 13.8. The van der Waals surface area contributed by atoms with Crippen LogP contribution in [0.3, 0.4) is 0 Å². The van der Waals surface area contributed by atoms with Crippen LogP contribution in [0.1, 0.15) is 42.1 Å². The summed E-state index contributed by atoms with van der Waals surface area (Å²) in [5.74, 6) is -1.14. The number of ether oxygens (including phenoxy) is 2. The van der Waals surface area contributed by atoms with E-state index in [4.69, 9.17) is 0 Å². The molecule has 14 heteroatoms. The molecule has 0 unspecified atom stereocenters. The number of allylic oxidation sites excluding steroid dienone is 13. The van der Waals surface area contributed by atoms with E-state index in [0.29, 0.717) is 0 Å². The smallest absolute Gasteiger partial charge is 0.410 e. The van der Waals surface area contributed by atoms with Crippen LogP contribution in [0, 0.1) is 56.7 Å². The number of fused-ring (bicyclic) bond motifs is 1. The summed E-state index contributed by atoms with van der Waals surface area (Å²) >= 11 is 0. The van der Waals surface area contributed by atoms with Gasteiger partial charge in [-0.15, -0.1) is 32.9 Å². The van der Waals surface area contributed by atoms with Crippen molar-refractivity contribution in [3.63, 3.8) is 0 Å². The van der Waals surface area contributed by atoms with Gasteiger partial charge in [0.25, 0.3) is 0 Å². The predicted molar refractivity (Wildman–Crippen MR) is 162 cm³/mol. The van der Waals surface area contributed by atoms with Gasteiger partial charge in [0.05, 0.1) is 22.9 Å². The Labute approximate surface area is 275 Å². The molecule has 242 valence electrons. The van der Waals surface area contributed by atoms with E-state index >= 15 is 0 Å². The number of benzene rings is 1. The lowest BCUT2D eigenvalue weighted by Crippen LogP contribution is -2.17. The second-order valence-corrected chi connectivity index (χ2v) is 10.1. The lowest BCUT2D eigenvalue weighted by atomic mass is 9.93. The van der Waals surface area contributed by atoms with Crippen LogP contribution in [0.25, 0.3) is 22.3 Å². The van der Waals surface area contributed by atoms with E-state index in [2.05, 4.69) is 21.0 Å². The largest absolute Gasteiger partial charge is 0.573 e. The summed E-state index contributed by atoms with van der Waals surface area (Å²) in [6.45, 7) is 5.01. The molecule has 0 amide bonds. The molecule has 4 rings (SSSR count). The topological polar surface area (TPSA) is 150 Å². The van der Waals surface area contributed by atoms with Crippen molar-refractivity contribution in [3.8, 4) is 36.1 Å². The molecular formula is C35H18F6N6O2. The number of pyridine rings is 1. The average molecular weight is 669 g/mol. The molecule has 2 aliphatic rings. The molecule has 0 radical (unpaired) electrons. The zero-order valence-electron chi connectivity index (χ0n) is 25.1. The number of nitrogens with zero attached hydrogens (tertiary/aromatic N) is 6. The average Bonchev–Trinajstić information content (AvgIpc) is 3.50. The van der Waals surface area contributed by atoms with Gasteiger partial charge < -0.3 is 9.47 Å². The van der Waals surface area contributed by atoms with Gasteiger partial charge in [-0.25, -0.2) is 0 Å². The summed E-state index contributed by atoms with van der Waals surface area (Å²) in [4.78, 5) is 4.40. The highest BCUT2D eigenvalue weighted by molar-refractivity contribution is 6.25. The first-order chi connectivity index (χ1) is 23.2. The van der Waals surface area contributed by atoms with E-state index in [0.717, 1.165) is 24.3 Å². The maximum absolute atomic E-state index is 13.2. The molecule has 8 nitrogen and oxygen atoms in total. The number of hydrogen-bond acceptors (Lipinski definition) is 8. The van der Waals surface area contributed by atoms with Crippen LogP contribution in [0.2, 0.25) is 0 Å². The molecule has 1 aromatic carbocycles. The molecule has 0 atom stereocenters. The second kappa shape index (κ2) is 13.9. The van der Waals surface area contributed by atoms with Gasteiger partial charge in [0.2, 0.25) is 0 Å². The fourth-order valence-electron chi connectivity index (χ4n) is 5.33. The molecule has 1 heterocycles. The quantitative estimate of drug-likeness (QED) is 0.117. The molecule has 0 spiro atoms. The van der Waals surface area contributed by atoms with Crippen molar-refractivity contribution in [3.05, 3.63) is 117 Å². The maximum Gasteiger partial charge on any atom is 0.573 e.